The Morgan fingerprint density at radius 3 is 2.57 bits per heavy atom. The van der Waals surface area contributed by atoms with Crippen LogP contribution in [-0.4, -0.2) is 28.0 Å². The highest BCUT2D eigenvalue weighted by Crippen LogP contribution is 2.38. The lowest BCUT2D eigenvalue weighted by Gasteiger charge is -2.33. The van der Waals surface area contributed by atoms with Gasteiger partial charge < -0.3 is 14.2 Å². The minimum Gasteiger partial charge on any atom is -0.337 e. The Balaban J connectivity index is 1.54. The van der Waals surface area contributed by atoms with Crippen LogP contribution in [0.5, 0.6) is 0 Å². The summed E-state index contributed by atoms with van der Waals surface area (Å²) in [6.07, 6.45) is 2.02. The van der Waals surface area contributed by atoms with E-state index in [1.54, 1.807) is 0 Å². The van der Waals surface area contributed by atoms with Gasteiger partial charge in [-0.25, -0.2) is 4.98 Å². The zero-order chi connectivity index (χ0) is 19.8. The first-order chi connectivity index (χ1) is 13.4. The number of halogens is 2. The maximum atomic E-state index is 6.47. The third kappa shape index (κ3) is 4.03. The van der Waals surface area contributed by atoms with E-state index in [1.807, 2.05) is 30.8 Å². The number of likely N-dealkylation sites (N-methyl/N-ethyl adjacent to an activating group) is 1. The largest absolute Gasteiger partial charge is 0.337 e. The number of hydrogen-bond donors (Lipinski definition) is 1. The fourth-order valence-electron chi connectivity index (χ4n) is 3.60. The van der Waals surface area contributed by atoms with Crippen LogP contribution in [0.4, 0.5) is 5.69 Å². The molecule has 0 radical (unpaired) electrons. The van der Waals surface area contributed by atoms with E-state index < -0.39 is 0 Å². The van der Waals surface area contributed by atoms with Crippen molar-refractivity contribution < 1.29 is 0 Å². The fourth-order valence-corrected chi connectivity index (χ4v) is 4.92. The first-order valence-corrected chi connectivity index (χ1v) is 10.7. The number of nitrogens with zero attached hydrogens (tertiary/aromatic N) is 3. The molecule has 1 atom stereocenters. The molecule has 2 aromatic carbocycles. The number of imidazole rings is 1. The average Bonchev–Trinajstić information content (AvgIpc) is 2.98. The minimum atomic E-state index is 0.255. The lowest BCUT2D eigenvalue weighted by atomic mass is 9.85. The average molecular weight is 433 g/mol. The smallest absolute Gasteiger partial charge is 0.135 e. The number of aryl methyl sites for hydroxylation is 2. The standard InChI is InChI=1S/C21H22Cl2N4S/c1-13-24-21(12-27(13)3)28-25-16-6-4-14(5-7-16)18-10-26(2)11-19-17(18)8-15(22)9-20(19)23/h4-9,12,18,25H,10-11H2,1-3H3. The highest BCUT2D eigenvalue weighted by Gasteiger charge is 2.27. The first-order valence-electron chi connectivity index (χ1n) is 9.10. The zero-order valence-corrected chi connectivity index (χ0v) is 18.4. The monoisotopic (exact) mass is 432 g/mol. The number of anilines is 1. The van der Waals surface area contributed by atoms with E-state index in [9.17, 15) is 0 Å². The molecule has 0 saturated heterocycles. The molecule has 0 aliphatic carbocycles. The molecular weight excluding hydrogens is 411 g/mol. The van der Waals surface area contributed by atoms with Gasteiger partial charge in [0.1, 0.15) is 10.9 Å². The Labute approximate surface area is 180 Å². The summed E-state index contributed by atoms with van der Waals surface area (Å²) in [6, 6.07) is 12.5. The van der Waals surface area contributed by atoms with Crippen LogP contribution in [0.25, 0.3) is 0 Å². The van der Waals surface area contributed by atoms with Crippen LogP contribution in [0, 0.1) is 6.92 Å². The highest BCUT2D eigenvalue weighted by atomic mass is 35.5. The summed E-state index contributed by atoms with van der Waals surface area (Å²) in [5.41, 5.74) is 4.71. The van der Waals surface area contributed by atoms with Gasteiger partial charge in [0.15, 0.2) is 0 Å². The fraction of sp³-hybridized carbons (Fsp3) is 0.286. The molecule has 4 nitrogen and oxygen atoms in total. The van der Waals surface area contributed by atoms with Crippen LogP contribution in [0.1, 0.15) is 28.4 Å². The Kier molecular flexibility index (Phi) is 5.61. The first kappa shape index (κ1) is 19.6. The van der Waals surface area contributed by atoms with Gasteiger partial charge in [-0.2, -0.15) is 0 Å². The minimum absolute atomic E-state index is 0.255. The van der Waals surface area contributed by atoms with Crippen LogP contribution in [0.15, 0.2) is 47.6 Å². The molecule has 1 aliphatic rings. The predicted molar refractivity (Wildman–Crippen MR) is 119 cm³/mol. The van der Waals surface area contributed by atoms with Crippen LogP contribution in [0.2, 0.25) is 10.0 Å². The van der Waals surface area contributed by atoms with Crippen molar-refractivity contribution in [3.8, 4) is 0 Å². The number of aromatic nitrogens is 2. The number of nitrogens with one attached hydrogen (secondary N) is 1. The van der Waals surface area contributed by atoms with E-state index in [0.717, 1.165) is 34.6 Å². The van der Waals surface area contributed by atoms with Crippen LogP contribution >= 0.6 is 35.1 Å². The molecule has 0 amide bonds. The normalized spacial score (nSPS) is 16.8. The van der Waals surface area contributed by atoms with Crippen molar-refractivity contribution in [2.75, 3.05) is 18.3 Å². The molecular formula is C21H22Cl2N4S. The molecule has 28 heavy (non-hydrogen) atoms. The highest BCUT2D eigenvalue weighted by molar-refractivity contribution is 8.00. The van der Waals surface area contributed by atoms with Gasteiger partial charge in [-0.05, 0) is 54.9 Å². The third-order valence-corrected chi connectivity index (χ3v) is 6.46. The number of benzene rings is 2. The van der Waals surface area contributed by atoms with Crippen LogP contribution in [0.3, 0.4) is 0 Å². The second-order valence-corrected chi connectivity index (χ2v) is 8.94. The predicted octanol–water partition coefficient (Wildman–Crippen LogP) is 5.73. The molecule has 0 saturated carbocycles. The number of fused-ring (bicyclic) bond motifs is 1. The van der Waals surface area contributed by atoms with Crippen molar-refractivity contribution in [2.45, 2.75) is 24.4 Å². The molecule has 4 rings (SSSR count). The molecule has 0 bridgehead atoms. The van der Waals surface area contributed by atoms with Gasteiger partial charge >= 0.3 is 0 Å². The topological polar surface area (TPSA) is 33.1 Å². The van der Waals surface area contributed by atoms with Gasteiger partial charge in [0.05, 0.1) is 0 Å². The maximum Gasteiger partial charge on any atom is 0.135 e. The molecule has 1 aliphatic heterocycles. The quantitative estimate of drug-likeness (QED) is 0.533. The lowest BCUT2D eigenvalue weighted by molar-refractivity contribution is 0.295. The van der Waals surface area contributed by atoms with Gasteiger partial charge in [-0.3, -0.25) is 0 Å². The zero-order valence-electron chi connectivity index (χ0n) is 16.0. The molecule has 146 valence electrons. The summed E-state index contributed by atoms with van der Waals surface area (Å²) in [5, 5.41) is 2.40. The Morgan fingerprint density at radius 2 is 1.89 bits per heavy atom. The van der Waals surface area contributed by atoms with E-state index in [0.29, 0.717) is 5.02 Å². The van der Waals surface area contributed by atoms with E-state index in [1.165, 1.54) is 28.6 Å². The van der Waals surface area contributed by atoms with Crippen molar-refractivity contribution in [1.82, 2.24) is 14.5 Å². The van der Waals surface area contributed by atoms with Gasteiger partial charge in [-0.15, -0.1) is 0 Å². The molecule has 3 aromatic rings. The van der Waals surface area contributed by atoms with Gasteiger partial charge in [0.25, 0.3) is 0 Å². The molecule has 1 N–H and O–H groups in total. The van der Waals surface area contributed by atoms with Crippen molar-refractivity contribution in [3.63, 3.8) is 0 Å². The molecule has 1 aromatic heterocycles. The molecule has 0 spiro atoms. The summed E-state index contributed by atoms with van der Waals surface area (Å²) in [7, 11) is 4.13. The van der Waals surface area contributed by atoms with E-state index in [2.05, 4.69) is 52.0 Å². The molecule has 0 fully saturated rings. The van der Waals surface area contributed by atoms with Crippen molar-refractivity contribution in [2.24, 2.45) is 7.05 Å². The summed E-state index contributed by atoms with van der Waals surface area (Å²) in [6.45, 7) is 3.79. The summed E-state index contributed by atoms with van der Waals surface area (Å²) in [5.74, 6) is 1.25. The Bertz CT molecular complexity index is 981. The lowest BCUT2D eigenvalue weighted by Crippen LogP contribution is -2.31. The number of rotatable bonds is 4. The molecule has 2 heterocycles. The SMILES string of the molecule is Cc1nc(SNc2ccc(C3CN(C)Cc4c(Cl)cc(Cl)cc43)cc2)cn1C. The van der Waals surface area contributed by atoms with Gasteiger partial charge in [0.2, 0.25) is 0 Å². The summed E-state index contributed by atoms with van der Waals surface area (Å²) < 4.78 is 5.38. The molecule has 1 unspecified atom stereocenters. The Hall–Kier alpha value is -1.66. The summed E-state index contributed by atoms with van der Waals surface area (Å²) >= 11 is 14.3. The van der Waals surface area contributed by atoms with Gasteiger partial charge in [0, 0.05) is 59.9 Å². The third-order valence-electron chi connectivity index (χ3n) is 5.17. The van der Waals surface area contributed by atoms with Crippen molar-refractivity contribution >= 4 is 40.8 Å². The Morgan fingerprint density at radius 1 is 1.14 bits per heavy atom. The van der Waals surface area contributed by atoms with Crippen LogP contribution < -0.4 is 4.72 Å². The second kappa shape index (κ2) is 7.99. The second-order valence-electron chi connectivity index (χ2n) is 7.27. The van der Waals surface area contributed by atoms with E-state index in [4.69, 9.17) is 23.2 Å². The van der Waals surface area contributed by atoms with Crippen molar-refractivity contribution in [1.29, 1.82) is 0 Å². The van der Waals surface area contributed by atoms with Crippen molar-refractivity contribution in [3.05, 3.63) is 75.2 Å². The number of hydrogen-bond acceptors (Lipinski definition) is 4. The van der Waals surface area contributed by atoms with E-state index >= 15 is 0 Å². The van der Waals surface area contributed by atoms with Crippen LogP contribution in [-0.2, 0) is 13.6 Å². The maximum absolute atomic E-state index is 6.47. The van der Waals surface area contributed by atoms with Gasteiger partial charge in [-0.1, -0.05) is 35.3 Å². The molecule has 7 heteroatoms. The summed E-state index contributed by atoms with van der Waals surface area (Å²) in [4.78, 5) is 6.80. The van der Waals surface area contributed by atoms with E-state index in [-0.39, 0.29) is 5.92 Å².